The van der Waals surface area contributed by atoms with Gasteiger partial charge in [0, 0.05) is 16.3 Å². The summed E-state index contributed by atoms with van der Waals surface area (Å²) >= 11 is 16.2. The summed E-state index contributed by atoms with van der Waals surface area (Å²) < 4.78 is 15.1. The molecule has 1 N–H and O–H groups in total. The Morgan fingerprint density at radius 3 is 2.59 bits per heavy atom. The highest BCUT2D eigenvalue weighted by Gasteiger charge is 2.10. The lowest BCUT2D eigenvalue weighted by Gasteiger charge is -2.01. The summed E-state index contributed by atoms with van der Waals surface area (Å²) in [6, 6.07) is 11.9. The quantitative estimate of drug-likeness (QED) is 0.258. The van der Waals surface area contributed by atoms with Gasteiger partial charge in [-0.05, 0) is 23.8 Å². The lowest BCUT2D eigenvalue weighted by atomic mass is 10.2. The molecule has 1 amide bonds. The number of thioether (sulfide) groups is 2. The lowest BCUT2D eigenvalue weighted by molar-refractivity contribution is -0.118. The zero-order valence-electron chi connectivity index (χ0n) is 14.6. The second-order valence-electron chi connectivity index (χ2n) is 5.43. The molecule has 0 saturated heterocycles. The van der Waals surface area contributed by atoms with Crippen molar-refractivity contribution in [1.29, 1.82) is 0 Å². The number of amides is 1. The highest BCUT2D eigenvalue weighted by Crippen LogP contribution is 2.32. The summed E-state index contributed by atoms with van der Waals surface area (Å²) in [4.78, 5) is 11.9. The van der Waals surface area contributed by atoms with E-state index in [0.29, 0.717) is 15.1 Å². The molecular formula is C18H13Cl2FN4OS3. The monoisotopic (exact) mass is 486 g/mol. The van der Waals surface area contributed by atoms with Crippen LogP contribution in [-0.2, 0) is 10.5 Å². The van der Waals surface area contributed by atoms with Crippen molar-refractivity contribution < 1.29 is 9.18 Å². The molecule has 0 aliphatic carbocycles. The van der Waals surface area contributed by atoms with Gasteiger partial charge in [-0.25, -0.2) is 9.82 Å². The zero-order valence-corrected chi connectivity index (χ0v) is 18.6. The van der Waals surface area contributed by atoms with E-state index < -0.39 is 5.82 Å². The van der Waals surface area contributed by atoms with Crippen molar-refractivity contribution in [1.82, 2.24) is 15.6 Å². The van der Waals surface area contributed by atoms with Crippen molar-refractivity contribution in [3.05, 3.63) is 69.5 Å². The number of hydrazone groups is 1. The molecule has 0 bridgehead atoms. The molecule has 2 aromatic carbocycles. The first kappa shape index (κ1) is 22.0. The van der Waals surface area contributed by atoms with Crippen LogP contribution in [0.15, 0.2) is 56.2 Å². The number of halogens is 3. The molecule has 3 rings (SSSR count). The van der Waals surface area contributed by atoms with Crippen LogP contribution in [0.25, 0.3) is 0 Å². The van der Waals surface area contributed by atoms with Crippen LogP contribution < -0.4 is 5.43 Å². The molecule has 3 aromatic rings. The van der Waals surface area contributed by atoms with E-state index in [1.807, 2.05) is 24.3 Å². The van der Waals surface area contributed by atoms with E-state index in [-0.39, 0.29) is 22.2 Å². The van der Waals surface area contributed by atoms with Crippen LogP contribution >= 0.6 is 58.1 Å². The van der Waals surface area contributed by atoms with Crippen LogP contribution in [-0.4, -0.2) is 28.1 Å². The van der Waals surface area contributed by atoms with Gasteiger partial charge < -0.3 is 0 Å². The number of carbonyl (C=O) groups is 1. The molecule has 0 aliphatic heterocycles. The molecule has 1 aromatic heterocycles. The van der Waals surface area contributed by atoms with Crippen LogP contribution in [0, 0.1) is 5.82 Å². The van der Waals surface area contributed by atoms with Gasteiger partial charge in [-0.1, -0.05) is 82.3 Å². The van der Waals surface area contributed by atoms with Gasteiger partial charge in [-0.3, -0.25) is 4.79 Å². The number of hydrogen-bond acceptors (Lipinski definition) is 7. The van der Waals surface area contributed by atoms with Gasteiger partial charge in [0.1, 0.15) is 5.82 Å². The van der Waals surface area contributed by atoms with Crippen LogP contribution in [0.5, 0.6) is 0 Å². The molecule has 0 spiro atoms. The summed E-state index contributed by atoms with van der Waals surface area (Å²) in [7, 11) is 0. The Hall–Kier alpha value is -1.65. The van der Waals surface area contributed by atoms with E-state index in [1.165, 1.54) is 53.2 Å². The van der Waals surface area contributed by atoms with Gasteiger partial charge in [0.15, 0.2) is 8.68 Å². The lowest BCUT2D eigenvalue weighted by Crippen LogP contribution is -2.19. The zero-order chi connectivity index (χ0) is 20.6. The first-order chi connectivity index (χ1) is 14.0. The minimum Gasteiger partial charge on any atom is -0.272 e. The van der Waals surface area contributed by atoms with E-state index >= 15 is 0 Å². The fraction of sp³-hybridized carbons (Fsp3) is 0.111. The highest BCUT2D eigenvalue weighted by molar-refractivity contribution is 8.03. The van der Waals surface area contributed by atoms with Crippen molar-refractivity contribution >= 4 is 70.2 Å². The summed E-state index contributed by atoms with van der Waals surface area (Å²) in [6.45, 7) is 0. The maximum absolute atomic E-state index is 13.6. The smallest absolute Gasteiger partial charge is 0.250 e. The third-order valence-electron chi connectivity index (χ3n) is 3.41. The predicted molar refractivity (Wildman–Crippen MR) is 119 cm³/mol. The standard InChI is InChI=1S/C18H13Cl2FN4OS3/c19-13-5-2-1-4-11(13)9-27-17-24-25-18(29-17)28-10-16(26)23-22-8-12-14(20)6-3-7-15(12)21/h1-8H,9-10H2,(H,23,26)/b22-8+. The molecule has 0 saturated carbocycles. The minimum absolute atomic E-state index is 0.103. The molecule has 11 heteroatoms. The van der Waals surface area contributed by atoms with Crippen molar-refractivity contribution in [3.63, 3.8) is 0 Å². The number of nitrogens with zero attached hydrogens (tertiary/aromatic N) is 3. The topological polar surface area (TPSA) is 67.2 Å². The number of hydrogen-bond donors (Lipinski definition) is 1. The Bertz CT molecular complexity index is 1010. The number of aromatic nitrogens is 2. The molecule has 0 unspecified atom stereocenters. The van der Waals surface area contributed by atoms with E-state index in [2.05, 4.69) is 20.7 Å². The molecule has 150 valence electrons. The van der Waals surface area contributed by atoms with E-state index in [0.717, 1.165) is 9.90 Å². The highest BCUT2D eigenvalue weighted by atomic mass is 35.5. The van der Waals surface area contributed by atoms with E-state index in [9.17, 15) is 9.18 Å². The second kappa shape index (κ2) is 10.9. The van der Waals surface area contributed by atoms with Crippen molar-refractivity contribution in [2.24, 2.45) is 5.10 Å². The Morgan fingerprint density at radius 2 is 1.83 bits per heavy atom. The molecule has 0 radical (unpaired) electrons. The molecule has 0 fully saturated rings. The maximum Gasteiger partial charge on any atom is 0.250 e. The fourth-order valence-corrected chi connectivity index (χ4v) is 5.34. The average molecular weight is 487 g/mol. The van der Waals surface area contributed by atoms with Crippen molar-refractivity contribution in [2.75, 3.05) is 5.75 Å². The largest absolute Gasteiger partial charge is 0.272 e. The maximum atomic E-state index is 13.6. The first-order valence-corrected chi connectivity index (χ1v) is 11.7. The third kappa shape index (κ3) is 6.68. The summed E-state index contributed by atoms with van der Waals surface area (Å²) in [5.41, 5.74) is 3.48. The molecule has 0 aliphatic rings. The summed E-state index contributed by atoms with van der Waals surface area (Å²) in [6.07, 6.45) is 1.18. The molecule has 29 heavy (non-hydrogen) atoms. The molecule has 0 atom stereocenters. The van der Waals surface area contributed by atoms with Crippen LogP contribution in [0.3, 0.4) is 0 Å². The Balaban J connectivity index is 1.45. The Kier molecular flexibility index (Phi) is 8.31. The number of nitrogens with one attached hydrogen (secondary N) is 1. The predicted octanol–water partition coefficient (Wildman–Crippen LogP) is 5.52. The fourth-order valence-electron chi connectivity index (χ4n) is 2.03. The van der Waals surface area contributed by atoms with E-state index in [1.54, 1.807) is 6.07 Å². The van der Waals surface area contributed by atoms with Gasteiger partial charge >= 0.3 is 0 Å². The Labute approximate surface area is 189 Å². The average Bonchev–Trinajstić information content (AvgIpc) is 3.16. The number of carbonyl (C=O) groups excluding carboxylic acids is 1. The first-order valence-electron chi connectivity index (χ1n) is 8.11. The van der Waals surface area contributed by atoms with Gasteiger partial charge in [0.2, 0.25) is 0 Å². The minimum atomic E-state index is -0.513. The summed E-state index contributed by atoms with van der Waals surface area (Å²) in [5.74, 6) is -0.0707. The normalized spacial score (nSPS) is 11.1. The van der Waals surface area contributed by atoms with Gasteiger partial charge in [-0.15, -0.1) is 10.2 Å². The number of rotatable bonds is 8. The third-order valence-corrected chi connectivity index (χ3v) is 7.34. The van der Waals surface area contributed by atoms with Crippen molar-refractivity contribution in [2.45, 2.75) is 14.4 Å². The van der Waals surface area contributed by atoms with Gasteiger partial charge in [-0.2, -0.15) is 5.10 Å². The molecule has 5 nitrogen and oxygen atoms in total. The van der Waals surface area contributed by atoms with Crippen LogP contribution in [0.1, 0.15) is 11.1 Å². The molecule has 1 heterocycles. The van der Waals surface area contributed by atoms with Crippen molar-refractivity contribution in [3.8, 4) is 0 Å². The Morgan fingerprint density at radius 1 is 1.10 bits per heavy atom. The number of benzene rings is 2. The summed E-state index contributed by atoms with van der Waals surface area (Å²) in [5, 5.41) is 12.8. The van der Waals surface area contributed by atoms with E-state index in [4.69, 9.17) is 23.2 Å². The SMILES string of the molecule is O=C(CSc1nnc(SCc2ccccc2Cl)s1)N/N=C/c1c(F)cccc1Cl. The van der Waals surface area contributed by atoms with Crippen LogP contribution in [0.4, 0.5) is 4.39 Å². The van der Waals surface area contributed by atoms with Gasteiger partial charge in [0.05, 0.1) is 17.0 Å². The van der Waals surface area contributed by atoms with Gasteiger partial charge in [0.25, 0.3) is 5.91 Å². The second-order valence-corrected chi connectivity index (χ2v) is 9.67. The van der Waals surface area contributed by atoms with Crippen LogP contribution in [0.2, 0.25) is 10.0 Å². The molecular weight excluding hydrogens is 474 g/mol.